The number of urea groups is 1. The number of alkyl halides is 1. The van der Waals surface area contributed by atoms with E-state index in [-0.39, 0.29) is 48.8 Å². The van der Waals surface area contributed by atoms with Gasteiger partial charge in [0.05, 0.1) is 28.8 Å². The van der Waals surface area contributed by atoms with Crippen molar-refractivity contribution < 1.29 is 36.8 Å². The minimum atomic E-state index is -3.59. The Morgan fingerprint density at radius 2 is 1.53 bits per heavy atom. The number of hydrogen-bond donors (Lipinski definition) is 4. The molecule has 0 radical (unpaired) electrons. The van der Waals surface area contributed by atoms with Crippen molar-refractivity contribution in [3.8, 4) is 0 Å². The zero-order chi connectivity index (χ0) is 39.4. The average Bonchev–Trinajstić information content (AvgIpc) is 3.38. The first-order valence-corrected chi connectivity index (χ1v) is 21.3. The summed E-state index contributed by atoms with van der Waals surface area (Å²) in [4.78, 5) is 70.6. The lowest BCUT2D eigenvalue weighted by Gasteiger charge is -2.44. The van der Waals surface area contributed by atoms with E-state index in [1.807, 2.05) is 20.8 Å². The monoisotopic (exact) mass is 765 g/mol. The van der Waals surface area contributed by atoms with Gasteiger partial charge in [-0.2, -0.15) is 0 Å². The van der Waals surface area contributed by atoms with Crippen molar-refractivity contribution in [3.05, 3.63) is 12.7 Å². The Bertz CT molecular complexity index is 1500. The van der Waals surface area contributed by atoms with Gasteiger partial charge in [-0.05, 0) is 88.4 Å². The van der Waals surface area contributed by atoms with Crippen LogP contribution in [-0.4, -0.2) is 96.8 Å². The second-order valence-electron chi connectivity index (χ2n) is 18.0. The molecule has 14 heteroatoms. The molecular formula is C39H64FN5O7S. The molecule has 3 aliphatic carbocycles. The van der Waals surface area contributed by atoms with Gasteiger partial charge in [-0.25, -0.2) is 13.2 Å². The SMILES string of the molecule is C=CCNC(=O)C(=O)C(CCCCF)NC(=O)[C@@H]1[C@@H]2[C@H](CN1C(=O)[C@@H](NC(=O)NC1(CS(=O)(=O)C(C)(C)C)CCCCC1)C1(C)CCCCC1)C2(C)C. The van der Waals surface area contributed by atoms with E-state index in [4.69, 9.17) is 0 Å². The number of fused-ring (bicyclic) bond motifs is 1. The van der Waals surface area contributed by atoms with Gasteiger partial charge >= 0.3 is 6.03 Å². The largest absolute Gasteiger partial charge is 0.346 e. The van der Waals surface area contributed by atoms with E-state index < -0.39 is 79.9 Å². The topological polar surface area (TPSA) is 171 Å². The van der Waals surface area contributed by atoms with E-state index in [0.29, 0.717) is 32.2 Å². The molecule has 5 amide bonds. The summed E-state index contributed by atoms with van der Waals surface area (Å²) in [5.74, 6) is -3.07. The molecule has 4 N–H and O–H groups in total. The third-order valence-electron chi connectivity index (χ3n) is 12.7. The molecule has 0 aromatic rings. The lowest BCUT2D eigenvalue weighted by molar-refractivity contribution is -0.146. The highest BCUT2D eigenvalue weighted by Gasteiger charge is 2.70. The van der Waals surface area contributed by atoms with Crippen molar-refractivity contribution in [2.75, 3.05) is 25.5 Å². The maximum absolute atomic E-state index is 14.9. The fourth-order valence-corrected chi connectivity index (χ4v) is 10.6. The Morgan fingerprint density at radius 1 is 0.925 bits per heavy atom. The molecule has 4 aliphatic rings. The minimum Gasteiger partial charge on any atom is -0.346 e. The lowest BCUT2D eigenvalue weighted by atomic mass is 9.70. The van der Waals surface area contributed by atoms with E-state index >= 15 is 0 Å². The van der Waals surface area contributed by atoms with Crippen LogP contribution >= 0.6 is 0 Å². The maximum atomic E-state index is 14.9. The molecule has 0 bridgehead atoms. The Balaban J connectivity index is 1.62. The lowest BCUT2D eigenvalue weighted by Crippen LogP contribution is -2.65. The first kappa shape index (κ1) is 42.7. The molecule has 0 aromatic carbocycles. The fourth-order valence-electron chi connectivity index (χ4n) is 9.06. The summed E-state index contributed by atoms with van der Waals surface area (Å²) in [6, 6.07) is -3.75. The molecule has 0 aromatic heterocycles. The molecule has 1 heterocycles. The number of ketones is 1. The van der Waals surface area contributed by atoms with Crippen LogP contribution in [0.4, 0.5) is 9.18 Å². The van der Waals surface area contributed by atoms with Gasteiger partial charge in [0, 0.05) is 13.1 Å². The predicted octanol–water partition coefficient (Wildman–Crippen LogP) is 4.52. The van der Waals surface area contributed by atoms with Gasteiger partial charge < -0.3 is 26.2 Å². The molecule has 3 saturated carbocycles. The number of hydrogen-bond acceptors (Lipinski definition) is 7. The van der Waals surface area contributed by atoms with Crippen molar-refractivity contribution in [2.45, 2.75) is 153 Å². The highest BCUT2D eigenvalue weighted by molar-refractivity contribution is 7.92. The van der Waals surface area contributed by atoms with E-state index in [1.54, 1.807) is 25.7 Å². The first-order chi connectivity index (χ1) is 24.7. The Kier molecular flexibility index (Phi) is 13.5. The second kappa shape index (κ2) is 16.8. The Hall–Kier alpha value is -3.03. The standard InChI is InChI=1S/C39H64FN5O7S/c1-8-23-41-33(48)30(46)27(17-11-16-22-40)42-32(47)29-28-26(37(28,5)6)24-45(29)34(49)31(38(7)18-12-9-13-19-38)43-35(50)44-39(20-14-10-15-21-39)25-53(51,52)36(2,3)4/h8,26-29,31H,1,9-25H2,2-7H3,(H,41,48)(H,42,47)(H2,43,44,50)/t26-,27?,28-,29-,31+/m0/s1. The summed E-state index contributed by atoms with van der Waals surface area (Å²) >= 11 is 0. The van der Waals surface area contributed by atoms with Crippen LogP contribution in [0.1, 0.15) is 125 Å². The number of sulfone groups is 1. The number of unbranched alkanes of at least 4 members (excludes halogenated alkanes) is 1. The highest BCUT2D eigenvalue weighted by atomic mass is 32.2. The molecule has 5 atom stereocenters. The van der Waals surface area contributed by atoms with Crippen LogP contribution in [0.5, 0.6) is 0 Å². The normalized spacial score (nSPS) is 25.6. The molecule has 300 valence electrons. The number of halogens is 1. The molecule has 12 nitrogen and oxygen atoms in total. The van der Waals surface area contributed by atoms with Crippen LogP contribution in [0.25, 0.3) is 0 Å². The van der Waals surface area contributed by atoms with Crippen molar-refractivity contribution in [3.63, 3.8) is 0 Å². The zero-order valence-corrected chi connectivity index (χ0v) is 33.6. The smallest absolute Gasteiger partial charge is 0.315 e. The van der Waals surface area contributed by atoms with Crippen LogP contribution < -0.4 is 21.3 Å². The van der Waals surface area contributed by atoms with Gasteiger partial charge in [0.25, 0.3) is 5.91 Å². The molecule has 1 unspecified atom stereocenters. The molecule has 4 rings (SSSR count). The van der Waals surface area contributed by atoms with Gasteiger partial charge in [0.15, 0.2) is 9.84 Å². The quantitative estimate of drug-likeness (QED) is 0.102. The first-order valence-electron chi connectivity index (χ1n) is 19.6. The molecule has 4 fully saturated rings. The van der Waals surface area contributed by atoms with Crippen LogP contribution in [0.15, 0.2) is 12.7 Å². The van der Waals surface area contributed by atoms with Gasteiger partial charge in [0.1, 0.15) is 12.1 Å². The number of carbonyl (C=O) groups excluding carboxylic acids is 5. The molecule has 0 spiro atoms. The number of likely N-dealkylation sites (tertiary alicyclic amines) is 1. The van der Waals surface area contributed by atoms with E-state index in [0.717, 1.165) is 38.5 Å². The summed E-state index contributed by atoms with van der Waals surface area (Å²) in [5.41, 5.74) is -1.85. The third-order valence-corrected chi connectivity index (χ3v) is 15.5. The van der Waals surface area contributed by atoms with E-state index in [9.17, 15) is 36.8 Å². The van der Waals surface area contributed by atoms with Gasteiger partial charge in [-0.15, -0.1) is 6.58 Å². The third kappa shape index (κ3) is 9.62. The second-order valence-corrected chi connectivity index (χ2v) is 20.7. The van der Waals surface area contributed by atoms with Crippen molar-refractivity contribution in [1.82, 2.24) is 26.2 Å². The summed E-state index contributed by atoms with van der Waals surface area (Å²) in [7, 11) is -3.59. The van der Waals surface area contributed by atoms with Gasteiger partial charge in [-0.3, -0.25) is 23.6 Å². The number of nitrogens with zero attached hydrogens (tertiary/aromatic N) is 1. The summed E-state index contributed by atoms with van der Waals surface area (Å²) in [6.45, 7) is 14.3. The van der Waals surface area contributed by atoms with E-state index in [2.05, 4.69) is 27.8 Å². The fraction of sp³-hybridized carbons (Fsp3) is 0.821. The summed E-state index contributed by atoms with van der Waals surface area (Å²) in [5, 5.41) is 11.3. The van der Waals surface area contributed by atoms with Gasteiger partial charge in [0.2, 0.25) is 17.6 Å². The molecule has 1 saturated heterocycles. The Labute approximate surface area is 315 Å². The van der Waals surface area contributed by atoms with Gasteiger partial charge in [-0.1, -0.05) is 65.4 Å². The van der Waals surface area contributed by atoms with Crippen LogP contribution in [0.2, 0.25) is 0 Å². The number of rotatable bonds is 16. The van der Waals surface area contributed by atoms with Crippen LogP contribution in [0.3, 0.4) is 0 Å². The summed E-state index contributed by atoms with van der Waals surface area (Å²) < 4.78 is 38.9. The molecule has 53 heavy (non-hydrogen) atoms. The average molecular weight is 766 g/mol. The van der Waals surface area contributed by atoms with Crippen molar-refractivity contribution in [2.24, 2.45) is 22.7 Å². The maximum Gasteiger partial charge on any atom is 0.315 e. The minimum absolute atomic E-state index is 0.0144. The van der Waals surface area contributed by atoms with Crippen LogP contribution in [0, 0.1) is 22.7 Å². The number of piperidine rings is 1. The predicted molar refractivity (Wildman–Crippen MR) is 202 cm³/mol. The highest BCUT2D eigenvalue weighted by Crippen LogP contribution is 2.65. The van der Waals surface area contributed by atoms with E-state index in [1.165, 1.54) is 6.08 Å². The number of nitrogens with one attached hydrogen (secondary N) is 4. The number of carbonyl (C=O) groups is 5. The van der Waals surface area contributed by atoms with Crippen molar-refractivity contribution >= 4 is 39.4 Å². The zero-order valence-electron chi connectivity index (χ0n) is 32.8. The number of amides is 5. The Morgan fingerprint density at radius 3 is 2.09 bits per heavy atom. The number of Topliss-reactive ketones (excluding diaryl/α,β-unsaturated/α-hetero) is 1. The molecule has 1 aliphatic heterocycles. The van der Waals surface area contributed by atoms with Crippen LogP contribution in [-0.2, 0) is 29.0 Å². The molecular weight excluding hydrogens is 702 g/mol. The summed E-state index contributed by atoms with van der Waals surface area (Å²) in [6.07, 6.45) is 9.54. The van der Waals surface area contributed by atoms with Crippen molar-refractivity contribution in [1.29, 1.82) is 0 Å².